The van der Waals surface area contributed by atoms with E-state index in [1.807, 2.05) is 48.5 Å². The van der Waals surface area contributed by atoms with Crippen LogP contribution in [0.2, 0.25) is 0 Å². The molecule has 0 bridgehead atoms. The Hall–Kier alpha value is -1.74. The van der Waals surface area contributed by atoms with Crippen LogP contribution in [0.3, 0.4) is 0 Å². The monoisotopic (exact) mass is 241 g/mol. The summed E-state index contributed by atoms with van der Waals surface area (Å²) in [4.78, 5) is 5.46. The zero-order valence-electron chi connectivity index (χ0n) is 9.11. The topological polar surface area (TPSA) is 21.6 Å². The van der Waals surface area contributed by atoms with Gasteiger partial charge in [0.15, 0.2) is 0 Å². The van der Waals surface area contributed by atoms with Crippen LogP contribution in [0.5, 0.6) is 0 Å². The first-order chi connectivity index (χ1) is 8.43. The summed E-state index contributed by atoms with van der Waals surface area (Å²) in [5, 5.41) is 5.09. The molecule has 2 aromatic carbocycles. The average Bonchev–Trinajstić information content (AvgIpc) is 2.90. The molecule has 17 heavy (non-hydrogen) atoms. The second kappa shape index (κ2) is 4.63. The molecule has 0 saturated carbocycles. The van der Waals surface area contributed by atoms with Crippen molar-refractivity contribution in [3.8, 4) is 0 Å². The molecular formula is C14H11NOS. The van der Waals surface area contributed by atoms with Crippen LogP contribution in [0, 0.1) is 0 Å². The molecule has 0 aliphatic carbocycles. The van der Waals surface area contributed by atoms with Gasteiger partial charge in [-0.1, -0.05) is 77.6 Å². The van der Waals surface area contributed by atoms with Crippen molar-refractivity contribution in [2.75, 3.05) is 0 Å². The molecule has 1 heterocycles. The van der Waals surface area contributed by atoms with E-state index in [0.29, 0.717) is 0 Å². The highest BCUT2D eigenvalue weighted by molar-refractivity contribution is 8.14. The van der Waals surface area contributed by atoms with Crippen molar-refractivity contribution in [2.45, 2.75) is 5.44 Å². The summed E-state index contributed by atoms with van der Waals surface area (Å²) in [5.41, 5.74) is 2.23. The molecule has 0 radical (unpaired) electrons. The summed E-state index contributed by atoms with van der Waals surface area (Å²) >= 11 is 1.64. The molecule has 1 atom stereocenters. The van der Waals surface area contributed by atoms with E-state index in [1.54, 1.807) is 11.8 Å². The standard InChI is InChI=1S/C14H11NOS/c1-3-7-11(8-4-1)13-15-16-14(17-13)12-9-5-2-6-10-12/h1-10,14H/t14-/m1/s1. The summed E-state index contributed by atoms with van der Waals surface area (Å²) < 4.78 is 0. The van der Waals surface area contributed by atoms with E-state index < -0.39 is 0 Å². The third-order valence-corrected chi connectivity index (χ3v) is 3.65. The summed E-state index contributed by atoms with van der Waals surface area (Å²) in [7, 11) is 0. The van der Waals surface area contributed by atoms with Crippen molar-refractivity contribution in [3.05, 3.63) is 71.8 Å². The van der Waals surface area contributed by atoms with Crippen molar-refractivity contribution in [3.63, 3.8) is 0 Å². The first-order valence-corrected chi connectivity index (χ1v) is 6.32. The van der Waals surface area contributed by atoms with Crippen LogP contribution in [0.1, 0.15) is 16.6 Å². The lowest BCUT2D eigenvalue weighted by Crippen LogP contribution is -1.93. The van der Waals surface area contributed by atoms with Crippen LogP contribution in [-0.4, -0.2) is 5.04 Å². The molecular weight excluding hydrogens is 230 g/mol. The summed E-state index contributed by atoms with van der Waals surface area (Å²) in [6.07, 6.45) is 0. The van der Waals surface area contributed by atoms with Gasteiger partial charge in [0, 0.05) is 11.1 Å². The Labute approximate surface area is 104 Å². The average molecular weight is 241 g/mol. The second-order valence-corrected chi connectivity index (χ2v) is 4.78. The number of hydrogen-bond acceptors (Lipinski definition) is 3. The zero-order valence-corrected chi connectivity index (χ0v) is 9.93. The molecule has 0 aromatic heterocycles. The van der Waals surface area contributed by atoms with Crippen LogP contribution in [0.4, 0.5) is 0 Å². The Kier molecular flexibility index (Phi) is 2.84. The summed E-state index contributed by atoms with van der Waals surface area (Å²) in [5.74, 6) is 0. The maximum Gasteiger partial charge on any atom is 0.204 e. The lowest BCUT2D eigenvalue weighted by atomic mass is 10.2. The Bertz CT molecular complexity index is 524. The van der Waals surface area contributed by atoms with E-state index in [-0.39, 0.29) is 5.44 Å². The molecule has 0 unspecified atom stereocenters. The predicted molar refractivity (Wildman–Crippen MR) is 70.8 cm³/mol. The van der Waals surface area contributed by atoms with Crippen LogP contribution < -0.4 is 0 Å². The molecule has 84 valence electrons. The predicted octanol–water partition coefficient (Wildman–Crippen LogP) is 3.81. The smallest absolute Gasteiger partial charge is 0.204 e. The maximum atomic E-state index is 5.46. The van der Waals surface area contributed by atoms with Crippen LogP contribution in [-0.2, 0) is 4.84 Å². The van der Waals surface area contributed by atoms with Gasteiger partial charge >= 0.3 is 0 Å². The van der Waals surface area contributed by atoms with Crippen LogP contribution in [0.25, 0.3) is 0 Å². The van der Waals surface area contributed by atoms with E-state index in [4.69, 9.17) is 4.84 Å². The van der Waals surface area contributed by atoms with Gasteiger partial charge in [-0.15, -0.1) is 0 Å². The summed E-state index contributed by atoms with van der Waals surface area (Å²) in [6.45, 7) is 0. The minimum Gasteiger partial charge on any atom is -0.375 e. The van der Waals surface area contributed by atoms with Gasteiger partial charge in [-0.05, 0) is 0 Å². The van der Waals surface area contributed by atoms with E-state index in [9.17, 15) is 0 Å². The molecule has 0 fully saturated rings. The Balaban J connectivity index is 1.78. The minimum atomic E-state index is -0.0218. The van der Waals surface area contributed by atoms with Gasteiger partial charge in [-0.25, -0.2) is 0 Å². The number of oxime groups is 1. The van der Waals surface area contributed by atoms with Gasteiger partial charge in [0.05, 0.1) is 0 Å². The molecule has 3 heteroatoms. The highest BCUT2D eigenvalue weighted by Gasteiger charge is 2.24. The molecule has 2 nitrogen and oxygen atoms in total. The van der Waals surface area contributed by atoms with Gasteiger partial charge in [-0.3, -0.25) is 0 Å². The molecule has 2 aromatic rings. The number of nitrogens with zero attached hydrogens (tertiary/aromatic N) is 1. The zero-order chi connectivity index (χ0) is 11.5. The van der Waals surface area contributed by atoms with Gasteiger partial charge in [0.25, 0.3) is 0 Å². The van der Waals surface area contributed by atoms with E-state index in [2.05, 4.69) is 17.3 Å². The molecule has 1 aliphatic heterocycles. The quantitative estimate of drug-likeness (QED) is 0.797. The van der Waals surface area contributed by atoms with Crippen LogP contribution in [0.15, 0.2) is 65.8 Å². The van der Waals surface area contributed by atoms with Crippen molar-refractivity contribution >= 4 is 16.8 Å². The van der Waals surface area contributed by atoms with Crippen molar-refractivity contribution < 1.29 is 4.84 Å². The number of hydrogen-bond donors (Lipinski definition) is 0. The summed E-state index contributed by atoms with van der Waals surface area (Å²) in [6, 6.07) is 20.2. The van der Waals surface area contributed by atoms with Crippen molar-refractivity contribution in [2.24, 2.45) is 5.16 Å². The molecule has 0 saturated heterocycles. The van der Waals surface area contributed by atoms with E-state index in [1.165, 1.54) is 0 Å². The molecule has 0 spiro atoms. The van der Waals surface area contributed by atoms with E-state index in [0.717, 1.165) is 16.2 Å². The largest absolute Gasteiger partial charge is 0.375 e. The number of benzene rings is 2. The Morgan fingerprint density at radius 3 is 2.24 bits per heavy atom. The highest BCUT2D eigenvalue weighted by Crippen LogP contribution is 2.38. The normalized spacial score (nSPS) is 18.6. The first-order valence-electron chi connectivity index (χ1n) is 5.44. The van der Waals surface area contributed by atoms with Gasteiger partial charge in [0.1, 0.15) is 5.04 Å². The third kappa shape index (κ3) is 2.19. The highest BCUT2D eigenvalue weighted by atomic mass is 32.2. The fraction of sp³-hybridized carbons (Fsp3) is 0.0714. The van der Waals surface area contributed by atoms with Crippen molar-refractivity contribution in [1.82, 2.24) is 0 Å². The first kappa shape index (κ1) is 10.4. The molecule has 0 N–H and O–H groups in total. The van der Waals surface area contributed by atoms with Crippen LogP contribution >= 0.6 is 11.8 Å². The van der Waals surface area contributed by atoms with Gasteiger partial charge in [0.2, 0.25) is 5.44 Å². The molecule has 0 amide bonds. The number of rotatable bonds is 2. The number of thioether (sulfide) groups is 1. The van der Waals surface area contributed by atoms with E-state index >= 15 is 0 Å². The lowest BCUT2D eigenvalue weighted by molar-refractivity contribution is 0.131. The van der Waals surface area contributed by atoms with Crippen molar-refractivity contribution in [1.29, 1.82) is 0 Å². The lowest BCUT2D eigenvalue weighted by Gasteiger charge is -2.06. The second-order valence-electron chi connectivity index (χ2n) is 3.73. The Morgan fingerprint density at radius 1 is 0.882 bits per heavy atom. The van der Waals surface area contributed by atoms with Gasteiger partial charge < -0.3 is 4.84 Å². The SMILES string of the molecule is c1ccc(C2=NO[C@@H](c3ccccc3)S2)cc1. The Morgan fingerprint density at radius 2 is 1.53 bits per heavy atom. The third-order valence-electron chi connectivity index (χ3n) is 2.54. The maximum absolute atomic E-state index is 5.46. The van der Waals surface area contributed by atoms with Gasteiger partial charge in [-0.2, -0.15) is 0 Å². The molecule has 3 rings (SSSR count). The fourth-order valence-electron chi connectivity index (χ4n) is 1.68. The minimum absolute atomic E-state index is 0.0218. The fourth-order valence-corrected chi connectivity index (χ4v) is 2.62. The molecule has 1 aliphatic rings.